The second-order valence-corrected chi connectivity index (χ2v) is 15.1. The topological polar surface area (TPSA) is 38.7 Å². The zero-order valence-electron chi connectivity index (χ0n) is 31.8. The molecule has 10 aromatic rings. The van der Waals surface area contributed by atoms with Gasteiger partial charge in [-0.15, -0.1) is 0 Å². The highest BCUT2D eigenvalue weighted by Gasteiger charge is 2.21. The molecule has 0 saturated heterocycles. The lowest BCUT2D eigenvalue weighted by Gasteiger charge is -2.22. The van der Waals surface area contributed by atoms with E-state index in [1.807, 2.05) is 12.3 Å². The summed E-state index contributed by atoms with van der Waals surface area (Å²) in [6.07, 6.45) is 8.17. The highest BCUT2D eigenvalue weighted by Crippen LogP contribution is 2.45. The van der Waals surface area contributed by atoms with E-state index >= 15 is 0 Å². The molecular formula is C55H37N3. The molecule has 8 aromatic carbocycles. The van der Waals surface area contributed by atoms with E-state index < -0.39 is 0 Å². The van der Waals surface area contributed by atoms with Gasteiger partial charge in [-0.05, 0) is 114 Å². The number of aromatic nitrogens is 3. The third-order valence-electron chi connectivity index (χ3n) is 11.7. The summed E-state index contributed by atoms with van der Waals surface area (Å²) >= 11 is 0. The smallest absolute Gasteiger partial charge is 0.160 e. The minimum absolute atomic E-state index is 0.690. The van der Waals surface area contributed by atoms with Crippen LogP contribution in [0.2, 0.25) is 0 Å². The summed E-state index contributed by atoms with van der Waals surface area (Å²) in [6.45, 7) is 0. The first kappa shape index (κ1) is 33.8. The molecule has 11 rings (SSSR count). The summed E-state index contributed by atoms with van der Waals surface area (Å²) in [6, 6.07) is 65.3. The van der Waals surface area contributed by atoms with Crippen LogP contribution in [0.25, 0.3) is 100 Å². The van der Waals surface area contributed by atoms with Crippen molar-refractivity contribution in [1.29, 1.82) is 0 Å². The summed E-state index contributed by atoms with van der Waals surface area (Å²) in [4.78, 5) is 14.9. The van der Waals surface area contributed by atoms with Crippen molar-refractivity contribution in [2.45, 2.75) is 12.8 Å². The Morgan fingerprint density at radius 2 is 1.00 bits per heavy atom. The van der Waals surface area contributed by atoms with Crippen LogP contribution in [0.15, 0.2) is 194 Å². The maximum Gasteiger partial charge on any atom is 0.160 e. The zero-order valence-corrected chi connectivity index (χ0v) is 31.8. The van der Waals surface area contributed by atoms with Crippen LogP contribution in [-0.2, 0) is 6.42 Å². The standard InChI is InChI=1S/C55H37N3/c1-3-13-40-31-42(28-24-36(40)11-1)52-34-51(39-26-22-38(23-27-39)46-17-10-30-56-35-46)57-55(58-52)45-16-9-15-43(33-45)53-47-18-5-7-20-49(47)54(50-21-8-6-19-48(50)53)44-29-25-37-12-2-4-14-41(37)32-44/h1-24,26-28,30-35H,25,29H2. The number of rotatable bonds is 6. The minimum Gasteiger partial charge on any atom is -0.264 e. The molecule has 2 aromatic heterocycles. The Labute approximate surface area is 337 Å². The molecule has 1 aliphatic rings. The first-order valence-corrected chi connectivity index (χ1v) is 20.0. The van der Waals surface area contributed by atoms with Crippen molar-refractivity contribution >= 4 is 44.0 Å². The van der Waals surface area contributed by atoms with E-state index in [9.17, 15) is 0 Å². The lowest BCUT2D eigenvalue weighted by atomic mass is 9.81. The van der Waals surface area contributed by atoms with Crippen LogP contribution in [-0.4, -0.2) is 15.0 Å². The van der Waals surface area contributed by atoms with Crippen LogP contribution in [0.4, 0.5) is 0 Å². The predicted octanol–water partition coefficient (Wildman–Crippen LogP) is 14.2. The Kier molecular flexibility index (Phi) is 8.29. The van der Waals surface area contributed by atoms with Crippen LogP contribution >= 0.6 is 0 Å². The van der Waals surface area contributed by atoms with Crippen molar-refractivity contribution in [3.63, 3.8) is 0 Å². The van der Waals surface area contributed by atoms with Crippen LogP contribution < -0.4 is 0 Å². The van der Waals surface area contributed by atoms with Gasteiger partial charge in [-0.3, -0.25) is 4.98 Å². The fourth-order valence-corrected chi connectivity index (χ4v) is 8.82. The molecule has 0 fully saturated rings. The maximum atomic E-state index is 5.30. The van der Waals surface area contributed by atoms with E-state index in [1.165, 1.54) is 60.1 Å². The maximum absolute atomic E-state index is 5.30. The Morgan fingerprint density at radius 1 is 0.379 bits per heavy atom. The number of nitrogens with zero attached hydrogens (tertiary/aromatic N) is 3. The highest BCUT2D eigenvalue weighted by atomic mass is 14.9. The number of allylic oxidation sites excluding steroid dienone is 1. The summed E-state index contributed by atoms with van der Waals surface area (Å²) in [7, 11) is 0. The molecule has 0 saturated carbocycles. The van der Waals surface area contributed by atoms with Gasteiger partial charge in [-0.1, -0.05) is 164 Å². The van der Waals surface area contributed by atoms with E-state index in [0.717, 1.165) is 57.6 Å². The normalized spacial score (nSPS) is 12.4. The molecule has 272 valence electrons. The molecule has 1 aliphatic carbocycles. The quantitative estimate of drug-likeness (QED) is 0.159. The molecule has 0 radical (unpaired) electrons. The largest absolute Gasteiger partial charge is 0.264 e. The highest BCUT2D eigenvalue weighted by molar-refractivity contribution is 6.20. The monoisotopic (exact) mass is 739 g/mol. The van der Waals surface area contributed by atoms with E-state index in [0.29, 0.717) is 5.82 Å². The molecule has 2 heterocycles. The number of hydrogen-bond acceptors (Lipinski definition) is 3. The Hall–Kier alpha value is -7.49. The van der Waals surface area contributed by atoms with Crippen molar-refractivity contribution in [2.24, 2.45) is 0 Å². The number of benzene rings is 8. The summed E-state index contributed by atoms with van der Waals surface area (Å²) in [5.74, 6) is 0.690. The molecule has 0 spiro atoms. The molecule has 3 nitrogen and oxygen atoms in total. The van der Waals surface area contributed by atoms with Crippen LogP contribution in [0.5, 0.6) is 0 Å². The van der Waals surface area contributed by atoms with Gasteiger partial charge in [-0.25, -0.2) is 9.97 Å². The van der Waals surface area contributed by atoms with Crippen molar-refractivity contribution in [1.82, 2.24) is 15.0 Å². The van der Waals surface area contributed by atoms with Crippen molar-refractivity contribution in [2.75, 3.05) is 0 Å². The second-order valence-electron chi connectivity index (χ2n) is 15.1. The fraction of sp³-hybridized carbons (Fsp3) is 0.0364. The van der Waals surface area contributed by atoms with Gasteiger partial charge < -0.3 is 0 Å². The van der Waals surface area contributed by atoms with E-state index in [-0.39, 0.29) is 0 Å². The molecule has 0 atom stereocenters. The molecule has 58 heavy (non-hydrogen) atoms. The Morgan fingerprint density at radius 3 is 1.76 bits per heavy atom. The lowest BCUT2D eigenvalue weighted by molar-refractivity contribution is 1.00. The molecule has 0 bridgehead atoms. The first-order chi connectivity index (χ1) is 28.7. The van der Waals surface area contributed by atoms with Crippen molar-refractivity contribution < 1.29 is 0 Å². The third-order valence-corrected chi connectivity index (χ3v) is 11.7. The SMILES string of the molecule is C1=C(c2c3ccccc3c(-c3cccc(-c4nc(-c5ccc(-c6cccnc6)cc5)cc(-c5ccc6ccccc6c5)n4)c3)c3ccccc23)CCc2ccccc21. The number of aryl methyl sites for hydroxylation is 1. The second kappa shape index (κ2) is 14.2. The van der Waals surface area contributed by atoms with Gasteiger partial charge in [0.15, 0.2) is 5.82 Å². The Balaban J connectivity index is 1.08. The molecule has 0 amide bonds. The average molecular weight is 740 g/mol. The van der Waals surface area contributed by atoms with E-state index in [1.54, 1.807) is 6.20 Å². The molecule has 0 N–H and O–H groups in total. The third kappa shape index (κ3) is 6.05. The number of fused-ring (bicyclic) bond motifs is 4. The molecule has 0 aliphatic heterocycles. The first-order valence-electron chi connectivity index (χ1n) is 20.0. The van der Waals surface area contributed by atoms with E-state index in [4.69, 9.17) is 9.97 Å². The van der Waals surface area contributed by atoms with Gasteiger partial charge in [0.2, 0.25) is 0 Å². The minimum atomic E-state index is 0.690. The number of hydrogen-bond donors (Lipinski definition) is 0. The van der Waals surface area contributed by atoms with E-state index in [2.05, 4.69) is 187 Å². The van der Waals surface area contributed by atoms with Crippen molar-refractivity contribution in [3.05, 3.63) is 211 Å². The number of pyridine rings is 1. The van der Waals surface area contributed by atoms with Gasteiger partial charge in [0.1, 0.15) is 0 Å². The van der Waals surface area contributed by atoms with Crippen LogP contribution in [0.3, 0.4) is 0 Å². The molecule has 0 unspecified atom stereocenters. The average Bonchev–Trinajstić information content (AvgIpc) is 3.30. The molecule has 3 heteroatoms. The predicted molar refractivity (Wildman–Crippen MR) is 242 cm³/mol. The van der Waals surface area contributed by atoms with Crippen molar-refractivity contribution in [3.8, 4) is 56.2 Å². The summed E-state index contributed by atoms with van der Waals surface area (Å²) in [5.41, 5.74) is 14.9. The van der Waals surface area contributed by atoms with Gasteiger partial charge in [-0.2, -0.15) is 0 Å². The van der Waals surface area contributed by atoms with Gasteiger partial charge in [0.25, 0.3) is 0 Å². The van der Waals surface area contributed by atoms with Gasteiger partial charge in [0.05, 0.1) is 11.4 Å². The summed E-state index contributed by atoms with van der Waals surface area (Å²) in [5, 5.41) is 7.42. The Bertz CT molecular complexity index is 3160. The van der Waals surface area contributed by atoms with Gasteiger partial charge >= 0.3 is 0 Å². The lowest BCUT2D eigenvalue weighted by Crippen LogP contribution is -2.01. The fourth-order valence-electron chi connectivity index (χ4n) is 8.82. The molecular weight excluding hydrogens is 703 g/mol. The van der Waals surface area contributed by atoms with Gasteiger partial charge in [0, 0.05) is 29.1 Å². The zero-order chi connectivity index (χ0) is 38.4. The van der Waals surface area contributed by atoms with Crippen LogP contribution in [0, 0.1) is 0 Å². The van der Waals surface area contributed by atoms with Crippen LogP contribution in [0.1, 0.15) is 23.1 Å². The summed E-state index contributed by atoms with van der Waals surface area (Å²) < 4.78 is 0.